The highest BCUT2D eigenvalue weighted by molar-refractivity contribution is 6.30. The van der Waals surface area contributed by atoms with Gasteiger partial charge in [-0.1, -0.05) is 41.9 Å². The number of carbonyl (C=O) groups excluding carboxylic acids is 1. The molecule has 0 aliphatic carbocycles. The number of urea groups is 1. The molecule has 132 valence electrons. The summed E-state index contributed by atoms with van der Waals surface area (Å²) in [5, 5.41) is 3.58. The summed E-state index contributed by atoms with van der Waals surface area (Å²) in [6.07, 6.45) is 1.95. The van der Waals surface area contributed by atoms with E-state index in [9.17, 15) is 4.79 Å². The minimum Gasteiger partial charge on any atom is -0.376 e. The highest BCUT2D eigenvalue weighted by Crippen LogP contribution is 2.20. The van der Waals surface area contributed by atoms with E-state index < -0.39 is 0 Å². The van der Waals surface area contributed by atoms with Crippen molar-refractivity contribution in [3.05, 3.63) is 65.2 Å². The van der Waals surface area contributed by atoms with Crippen molar-refractivity contribution in [2.75, 3.05) is 25.0 Å². The number of hydrogen-bond donors (Lipinski definition) is 1. The van der Waals surface area contributed by atoms with Gasteiger partial charge in [-0.3, -0.25) is 0 Å². The number of amides is 2. The van der Waals surface area contributed by atoms with Crippen molar-refractivity contribution in [1.82, 2.24) is 4.90 Å². The molecule has 0 saturated carbocycles. The minimum absolute atomic E-state index is 0.0500. The van der Waals surface area contributed by atoms with E-state index in [4.69, 9.17) is 16.3 Å². The monoisotopic (exact) mass is 358 g/mol. The molecule has 4 nitrogen and oxygen atoms in total. The second kappa shape index (κ2) is 8.88. The fourth-order valence-electron chi connectivity index (χ4n) is 2.96. The van der Waals surface area contributed by atoms with Crippen molar-refractivity contribution in [1.29, 1.82) is 0 Å². The van der Waals surface area contributed by atoms with Gasteiger partial charge in [-0.15, -0.1) is 0 Å². The number of benzene rings is 2. The molecule has 2 aromatic carbocycles. The summed E-state index contributed by atoms with van der Waals surface area (Å²) in [4.78, 5) is 14.2. The molecule has 1 fully saturated rings. The SMILES string of the molecule is O=C(Nc1ccc(Cl)cc1)N1CCC(COCc2ccccc2)CC1. The summed E-state index contributed by atoms with van der Waals surface area (Å²) >= 11 is 5.86. The number of ether oxygens (including phenoxy) is 1. The predicted molar refractivity (Wildman–Crippen MR) is 101 cm³/mol. The van der Waals surface area contributed by atoms with Gasteiger partial charge < -0.3 is 15.0 Å². The number of anilines is 1. The molecule has 0 aromatic heterocycles. The quantitative estimate of drug-likeness (QED) is 0.834. The van der Waals surface area contributed by atoms with E-state index in [1.54, 1.807) is 12.1 Å². The van der Waals surface area contributed by atoms with Crippen LogP contribution in [0.2, 0.25) is 5.02 Å². The van der Waals surface area contributed by atoms with Crippen LogP contribution in [-0.4, -0.2) is 30.6 Å². The van der Waals surface area contributed by atoms with Gasteiger partial charge in [0.2, 0.25) is 0 Å². The number of carbonyl (C=O) groups is 1. The largest absolute Gasteiger partial charge is 0.376 e. The van der Waals surface area contributed by atoms with Crippen LogP contribution >= 0.6 is 11.6 Å². The number of piperidine rings is 1. The third-order valence-corrected chi connectivity index (χ3v) is 4.71. The molecular weight excluding hydrogens is 336 g/mol. The highest BCUT2D eigenvalue weighted by atomic mass is 35.5. The van der Waals surface area contributed by atoms with E-state index in [0.717, 1.165) is 38.2 Å². The zero-order valence-corrected chi connectivity index (χ0v) is 14.9. The van der Waals surface area contributed by atoms with Crippen LogP contribution in [0.25, 0.3) is 0 Å². The Labute approximate surface area is 153 Å². The van der Waals surface area contributed by atoms with Gasteiger partial charge in [0.25, 0.3) is 0 Å². The van der Waals surface area contributed by atoms with E-state index in [1.807, 2.05) is 35.2 Å². The maximum Gasteiger partial charge on any atom is 0.321 e. The molecule has 2 amide bonds. The molecule has 1 heterocycles. The second-order valence-corrected chi connectivity index (χ2v) is 6.80. The number of nitrogens with zero attached hydrogens (tertiary/aromatic N) is 1. The summed E-state index contributed by atoms with van der Waals surface area (Å²) in [5.74, 6) is 0.517. The third kappa shape index (κ3) is 5.48. The first-order chi connectivity index (χ1) is 12.2. The topological polar surface area (TPSA) is 41.6 Å². The first-order valence-electron chi connectivity index (χ1n) is 8.64. The van der Waals surface area contributed by atoms with Crippen LogP contribution in [0.5, 0.6) is 0 Å². The lowest BCUT2D eigenvalue weighted by Crippen LogP contribution is -2.41. The number of likely N-dealkylation sites (tertiary alicyclic amines) is 1. The molecule has 0 spiro atoms. The second-order valence-electron chi connectivity index (χ2n) is 6.37. The predicted octanol–water partition coefficient (Wildman–Crippen LogP) is 4.80. The van der Waals surface area contributed by atoms with Crippen molar-refractivity contribution in [2.24, 2.45) is 5.92 Å². The van der Waals surface area contributed by atoms with E-state index in [0.29, 0.717) is 17.5 Å². The van der Waals surface area contributed by atoms with E-state index in [1.165, 1.54) is 5.56 Å². The van der Waals surface area contributed by atoms with Gasteiger partial charge in [-0.05, 0) is 48.6 Å². The van der Waals surface area contributed by atoms with Gasteiger partial charge >= 0.3 is 6.03 Å². The summed E-state index contributed by atoms with van der Waals surface area (Å²) in [6, 6.07) is 17.3. The van der Waals surface area contributed by atoms with Crippen molar-refractivity contribution < 1.29 is 9.53 Å². The molecule has 2 aromatic rings. The molecule has 25 heavy (non-hydrogen) atoms. The fraction of sp³-hybridized carbons (Fsp3) is 0.350. The summed E-state index contributed by atoms with van der Waals surface area (Å²) in [6.45, 7) is 2.93. The lowest BCUT2D eigenvalue weighted by Gasteiger charge is -2.31. The van der Waals surface area contributed by atoms with Crippen LogP contribution in [0.3, 0.4) is 0 Å². The molecular formula is C20H23ClN2O2. The van der Waals surface area contributed by atoms with E-state index >= 15 is 0 Å². The number of hydrogen-bond acceptors (Lipinski definition) is 2. The van der Waals surface area contributed by atoms with Gasteiger partial charge in [0.1, 0.15) is 0 Å². The van der Waals surface area contributed by atoms with Gasteiger partial charge in [0.05, 0.1) is 6.61 Å². The Bertz CT molecular complexity index is 668. The van der Waals surface area contributed by atoms with Gasteiger partial charge in [-0.25, -0.2) is 4.79 Å². The van der Waals surface area contributed by atoms with Crippen molar-refractivity contribution in [2.45, 2.75) is 19.4 Å². The normalized spacial score (nSPS) is 15.2. The standard InChI is InChI=1S/C20H23ClN2O2/c21-18-6-8-19(9-7-18)22-20(24)23-12-10-17(11-13-23)15-25-14-16-4-2-1-3-5-16/h1-9,17H,10-15H2,(H,22,24). The smallest absolute Gasteiger partial charge is 0.321 e. The summed E-state index contributed by atoms with van der Waals surface area (Å²) in [7, 11) is 0. The average Bonchev–Trinajstić information content (AvgIpc) is 2.65. The number of halogens is 1. The highest BCUT2D eigenvalue weighted by Gasteiger charge is 2.22. The molecule has 1 aliphatic heterocycles. The van der Waals surface area contributed by atoms with E-state index in [-0.39, 0.29) is 6.03 Å². The Morgan fingerprint density at radius 2 is 1.76 bits per heavy atom. The Hall–Kier alpha value is -2.04. The number of nitrogens with one attached hydrogen (secondary N) is 1. The first-order valence-corrected chi connectivity index (χ1v) is 9.01. The van der Waals surface area contributed by atoms with Crippen molar-refractivity contribution in [3.8, 4) is 0 Å². The van der Waals surface area contributed by atoms with Crippen molar-refractivity contribution in [3.63, 3.8) is 0 Å². The summed E-state index contributed by atoms with van der Waals surface area (Å²) in [5.41, 5.74) is 1.96. The maximum absolute atomic E-state index is 12.3. The molecule has 3 rings (SSSR count). The van der Waals surface area contributed by atoms with Crippen LogP contribution in [-0.2, 0) is 11.3 Å². The molecule has 0 bridgehead atoms. The van der Waals surface area contributed by atoms with Crippen LogP contribution in [0, 0.1) is 5.92 Å². The zero-order valence-electron chi connectivity index (χ0n) is 14.2. The zero-order chi connectivity index (χ0) is 17.5. The van der Waals surface area contributed by atoms with Gasteiger partial charge in [0.15, 0.2) is 0 Å². The molecule has 0 radical (unpaired) electrons. The Kier molecular flexibility index (Phi) is 6.31. The fourth-order valence-corrected chi connectivity index (χ4v) is 3.08. The Balaban J connectivity index is 1.37. The van der Waals surface area contributed by atoms with Gasteiger partial charge in [0, 0.05) is 30.4 Å². The first kappa shape index (κ1) is 17.8. The minimum atomic E-state index is -0.0500. The summed E-state index contributed by atoms with van der Waals surface area (Å²) < 4.78 is 5.83. The van der Waals surface area contributed by atoms with Crippen LogP contribution < -0.4 is 5.32 Å². The molecule has 0 atom stereocenters. The number of rotatable bonds is 5. The van der Waals surface area contributed by atoms with Crippen molar-refractivity contribution >= 4 is 23.3 Å². The molecule has 1 N–H and O–H groups in total. The van der Waals surface area contributed by atoms with Gasteiger partial charge in [-0.2, -0.15) is 0 Å². The average molecular weight is 359 g/mol. The Morgan fingerprint density at radius 1 is 1.08 bits per heavy atom. The lowest BCUT2D eigenvalue weighted by molar-refractivity contribution is 0.0640. The molecule has 0 unspecified atom stereocenters. The van der Waals surface area contributed by atoms with Crippen LogP contribution in [0.15, 0.2) is 54.6 Å². The molecule has 5 heteroatoms. The van der Waals surface area contributed by atoms with Crippen LogP contribution in [0.1, 0.15) is 18.4 Å². The third-order valence-electron chi connectivity index (χ3n) is 4.46. The lowest BCUT2D eigenvalue weighted by atomic mass is 9.98. The van der Waals surface area contributed by atoms with E-state index in [2.05, 4.69) is 17.4 Å². The molecule has 1 saturated heterocycles. The van der Waals surface area contributed by atoms with Crippen LogP contribution in [0.4, 0.5) is 10.5 Å². The maximum atomic E-state index is 12.3. The molecule has 1 aliphatic rings. The Morgan fingerprint density at radius 3 is 2.44 bits per heavy atom.